The first kappa shape index (κ1) is 17.4. The number of fused-ring (bicyclic) bond motifs is 3. The van der Waals surface area contributed by atoms with Gasteiger partial charge in [-0.25, -0.2) is 4.98 Å². The fourth-order valence-electron chi connectivity index (χ4n) is 4.84. The van der Waals surface area contributed by atoms with Crippen molar-refractivity contribution in [2.45, 2.75) is 50.8 Å². The molecular formula is C24H24N2O2. The van der Waals surface area contributed by atoms with E-state index in [2.05, 4.69) is 31.2 Å². The Kier molecular flexibility index (Phi) is 4.17. The van der Waals surface area contributed by atoms with Gasteiger partial charge in [0.1, 0.15) is 0 Å². The molecule has 142 valence electrons. The van der Waals surface area contributed by atoms with Crippen molar-refractivity contribution in [1.82, 2.24) is 9.88 Å². The molecule has 28 heavy (non-hydrogen) atoms. The quantitative estimate of drug-likeness (QED) is 0.728. The average molecular weight is 372 g/mol. The van der Waals surface area contributed by atoms with Gasteiger partial charge in [0.2, 0.25) is 0 Å². The number of aliphatic hydroxyl groups is 1. The largest absolute Gasteiger partial charge is 0.393 e. The number of pyridine rings is 1. The minimum atomic E-state index is -0.279. The number of hydrogen-bond donors (Lipinski definition) is 1. The van der Waals surface area contributed by atoms with Crippen LogP contribution < -0.4 is 0 Å². The van der Waals surface area contributed by atoms with E-state index in [0.29, 0.717) is 12.8 Å². The summed E-state index contributed by atoms with van der Waals surface area (Å²) < 4.78 is 0. The van der Waals surface area contributed by atoms with Gasteiger partial charge in [-0.05, 0) is 44.7 Å². The lowest BCUT2D eigenvalue weighted by Gasteiger charge is -2.37. The Bertz CT molecular complexity index is 1030. The number of aryl methyl sites for hydroxylation is 1. The summed E-state index contributed by atoms with van der Waals surface area (Å²) >= 11 is 0. The predicted molar refractivity (Wildman–Crippen MR) is 110 cm³/mol. The molecule has 0 radical (unpaired) electrons. The SMILES string of the molecule is Cc1ccc(-c2cc(C(=O)N3[C@@H]4CC[C@H]3CC(O)C4)c3ccccc3n2)cc1. The molecule has 0 spiro atoms. The van der Waals surface area contributed by atoms with Crippen molar-refractivity contribution in [3.05, 3.63) is 65.7 Å². The van der Waals surface area contributed by atoms with Crippen LogP contribution in [0.15, 0.2) is 54.6 Å². The number of aliphatic hydroxyl groups excluding tert-OH is 1. The van der Waals surface area contributed by atoms with Gasteiger partial charge >= 0.3 is 0 Å². The number of hydrogen-bond acceptors (Lipinski definition) is 3. The second-order valence-electron chi connectivity index (χ2n) is 8.16. The van der Waals surface area contributed by atoms with E-state index in [1.54, 1.807) is 0 Å². The Morgan fingerprint density at radius 3 is 2.43 bits per heavy atom. The number of benzene rings is 2. The summed E-state index contributed by atoms with van der Waals surface area (Å²) in [6, 6.07) is 18.4. The van der Waals surface area contributed by atoms with Gasteiger partial charge in [0.05, 0.1) is 22.9 Å². The number of para-hydroxylation sites is 1. The molecule has 2 aliphatic heterocycles. The topological polar surface area (TPSA) is 53.4 Å². The highest BCUT2D eigenvalue weighted by molar-refractivity contribution is 6.07. The summed E-state index contributed by atoms with van der Waals surface area (Å²) in [5, 5.41) is 11.0. The van der Waals surface area contributed by atoms with Crippen molar-refractivity contribution in [2.75, 3.05) is 0 Å². The van der Waals surface area contributed by atoms with Crippen LogP contribution in [0.2, 0.25) is 0 Å². The molecule has 1 amide bonds. The van der Waals surface area contributed by atoms with Crippen LogP contribution in [0, 0.1) is 6.92 Å². The van der Waals surface area contributed by atoms with Gasteiger partial charge in [0, 0.05) is 23.0 Å². The monoisotopic (exact) mass is 372 g/mol. The van der Waals surface area contributed by atoms with E-state index < -0.39 is 0 Å². The fourth-order valence-corrected chi connectivity index (χ4v) is 4.84. The molecule has 4 nitrogen and oxygen atoms in total. The van der Waals surface area contributed by atoms with E-state index in [1.165, 1.54) is 5.56 Å². The minimum Gasteiger partial charge on any atom is -0.393 e. The van der Waals surface area contributed by atoms with Crippen LogP contribution in [-0.4, -0.2) is 39.1 Å². The Morgan fingerprint density at radius 1 is 1.04 bits per heavy atom. The maximum absolute atomic E-state index is 13.6. The Morgan fingerprint density at radius 2 is 1.71 bits per heavy atom. The molecule has 3 heterocycles. The number of carbonyl (C=O) groups is 1. The predicted octanol–water partition coefficient (Wildman–Crippen LogP) is 4.34. The van der Waals surface area contributed by atoms with Crippen molar-refractivity contribution in [1.29, 1.82) is 0 Å². The van der Waals surface area contributed by atoms with E-state index in [-0.39, 0.29) is 24.1 Å². The molecule has 0 aliphatic carbocycles. The first-order valence-corrected chi connectivity index (χ1v) is 10.1. The lowest BCUT2D eigenvalue weighted by molar-refractivity contribution is 0.0288. The first-order valence-electron chi connectivity index (χ1n) is 10.1. The lowest BCUT2D eigenvalue weighted by Crippen LogP contribution is -2.48. The van der Waals surface area contributed by atoms with Gasteiger partial charge in [0.25, 0.3) is 5.91 Å². The Labute approximate surface area is 164 Å². The van der Waals surface area contributed by atoms with Crippen LogP contribution in [-0.2, 0) is 0 Å². The number of rotatable bonds is 2. The third-order valence-corrected chi connectivity index (χ3v) is 6.24. The molecule has 2 aliphatic rings. The summed E-state index contributed by atoms with van der Waals surface area (Å²) in [6.07, 6.45) is 3.08. The first-order chi connectivity index (χ1) is 13.6. The molecule has 0 saturated carbocycles. The number of amides is 1. The Hall–Kier alpha value is -2.72. The summed E-state index contributed by atoms with van der Waals surface area (Å²) in [7, 11) is 0. The van der Waals surface area contributed by atoms with Gasteiger partial charge < -0.3 is 10.0 Å². The maximum Gasteiger partial charge on any atom is 0.255 e. The normalized spacial score (nSPS) is 23.9. The summed E-state index contributed by atoms with van der Waals surface area (Å²) in [5.74, 6) is 0.0753. The van der Waals surface area contributed by atoms with Crippen LogP contribution in [0.1, 0.15) is 41.6 Å². The van der Waals surface area contributed by atoms with Crippen molar-refractivity contribution in [3.8, 4) is 11.3 Å². The van der Waals surface area contributed by atoms with Gasteiger partial charge in [-0.1, -0.05) is 48.0 Å². The molecule has 5 rings (SSSR count). The number of aromatic nitrogens is 1. The molecular weight excluding hydrogens is 348 g/mol. The van der Waals surface area contributed by atoms with Gasteiger partial charge in [-0.2, -0.15) is 0 Å². The summed E-state index contributed by atoms with van der Waals surface area (Å²) in [6.45, 7) is 2.06. The standard InChI is InChI=1S/C24H24N2O2/c1-15-6-8-16(9-7-15)23-14-21(20-4-2-3-5-22(20)25-23)24(28)26-17-10-11-18(26)13-19(27)12-17/h2-9,14,17-19,27H,10-13H2,1H3/t17-,18+,19?. The molecule has 3 aromatic rings. The van der Waals surface area contributed by atoms with E-state index in [1.807, 2.05) is 35.2 Å². The third kappa shape index (κ3) is 2.89. The highest BCUT2D eigenvalue weighted by Gasteiger charge is 2.43. The second kappa shape index (κ2) is 6.71. The smallest absolute Gasteiger partial charge is 0.255 e. The summed E-state index contributed by atoms with van der Waals surface area (Å²) in [5.41, 5.74) is 4.60. The van der Waals surface area contributed by atoms with Gasteiger partial charge in [-0.3, -0.25) is 4.79 Å². The van der Waals surface area contributed by atoms with Crippen LogP contribution in [0.5, 0.6) is 0 Å². The number of carbonyl (C=O) groups excluding carboxylic acids is 1. The van der Waals surface area contributed by atoms with Gasteiger partial charge in [-0.15, -0.1) is 0 Å². The zero-order valence-corrected chi connectivity index (χ0v) is 16.0. The third-order valence-electron chi connectivity index (χ3n) is 6.24. The molecule has 1 unspecified atom stereocenters. The lowest BCUT2D eigenvalue weighted by atomic mass is 9.97. The van der Waals surface area contributed by atoms with E-state index in [0.717, 1.165) is 40.6 Å². The Balaban J connectivity index is 1.62. The average Bonchev–Trinajstić information content (AvgIpc) is 2.98. The van der Waals surface area contributed by atoms with Crippen molar-refractivity contribution < 1.29 is 9.90 Å². The highest BCUT2D eigenvalue weighted by Crippen LogP contribution is 2.38. The van der Waals surface area contributed by atoms with Crippen LogP contribution >= 0.6 is 0 Å². The van der Waals surface area contributed by atoms with Crippen molar-refractivity contribution in [2.24, 2.45) is 0 Å². The number of nitrogens with zero attached hydrogens (tertiary/aromatic N) is 2. The van der Waals surface area contributed by atoms with E-state index in [9.17, 15) is 9.90 Å². The van der Waals surface area contributed by atoms with Crippen LogP contribution in [0.25, 0.3) is 22.2 Å². The van der Waals surface area contributed by atoms with E-state index in [4.69, 9.17) is 4.98 Å². The summed E-state index contributed by atoms with van der Waals surface area (Å²) in [4.78, 5) is 20.5. The molecule has 4 heteroatoms. The molecule has 2 saturated heterocycles. The molecule has 2 bridgehead atoms. The zero-order chi connectivity index (χ0) is 19.3. The van der Waals surface area contributed by atoms with Crippen molar-refractivity contribution in [3.63, 3.8) is 0 Å². The second-order valence-corrected chi connectivity index (χ2v) is 8.16. The zero-order valence-electron chi connectivity index (χ0n) is 16.0. The van der Waals surface area contributed by atoms with Crippen molar-refractivity contribution >= 4 is 16.8 Å². The van der Waals surface area contributed by atoms with Gasteiger partial charge in [0.15, 0.2) is 0 Å². The highest BCUT2D eigenvalue weighted by atomic mass is 16.3. The van der Waals surface area contributed by atoms with Crippen LogP contribution in [0.4, 0.5) is 0 Å². The molecule has 2 aromatic carbocycles. The molecule has 2 fully saturated rings. The molecule has 1 aromatic heterocycles. The maximum atomic E-state index is 13.6. The molecule has 1 N–H and O–H groups in total. The molecule has 3 atom stereocenters. The number of piperidine rings is 1. The van der Waals surface area contributed by atoms with Crippen LogP contribution in [0.3, 0.4) is 0 Å². The van der Waals surface area contributed by atoms with E-state index >= 15 is 0 Å². The fraction of sp³-hybridized carbons (Fsp3) is 0.333. The minimum absolute atomic E-state index is 0.0753.